The molecular weight excluding hydrogens is 210 g/mol. The minimum Gasteiger partial charge on any atom is -0.490 e. The van der Waals surface area contributed by atoms with Gasteiger partial charge in [0.1, 0.15) is 11.9 Å². The summed E-state index contributed by atoms with van der Waals surface area (Å²) < 4.78 is 6.00. The van der Waals surface area contributed by atoms with Gasteiger partial charge in [0.15, 0.2) is 0 Å². The highest BCUT2D eigenvalue weighted by Crippen LogP contribution is 2.37. The maximum Gasteiger partial charge on any atom is 0.123 e. The van der Waals surface area contributed by atoms with Gasteiger partial charge in [-0.2, -0.15) is 0 Å². The van der Waals surface area contributed by atoms with E-state index in [9.17, 15) is 0 Å². The van der Waals surface area contributed by atoms with Gasteiger partial charge in [-0.1, -0.05) is 39.0 Å². The molecule has 2 N–H and O–H groups in total. The molecule has 1 aromatic rings. The van der Waals surface area contributed by atoms with Crippen LogP contribution in [0.4, 0.5) is 0 Å². The van der Waals surface area contributed by atoms with Crippen molar-refractivity contribution < 1.29 is 4.74 Å². The first-order valence-corrected chi connectivity index (χ1v) is 6.50. The Hall–Kier alpha value is -1.02. The van der Waals surface area contributed by atoms with Crippen LogP contribution in [0.5, 0.6) is 5.75 Å². The van der Waals surface area contributed by atoms with Crippen molar-refractivity contribution in [2.75, 3.05) is 6.54 Å². The Morgan fingerprint density at radius 3 is 2.71 bits per heavy atom. The third kappa shape index (κ3) is 2.47. The summed E-state index contributed by atoms with van der Waals surface area (Å²) in [5, 5.41) is 0. The van der Waals surface area contributed by atoms with Crippen LogP contribution in [0.25, 0.3) is 0 Å². The Kier molecular flexibility index (Phi) is 3.43. The maximum absolute atomic E-state index is 6.00. The molecule has 2 unspecified atom stereocenters. The van der Waals surface area contributed by atoms with Crippen molar-refractivity contribution >= 4 is 0 Å². The highest BCUT2D eigenvalue weighted by molar-refractivity contribution is 5.37. The van der Waals surface area contributed by atoms with Crippen molar-refractivity contribution in [3.63, 3.8) is 0 Å². The molecule has 0 fully saturated rings. The molecule has 0 bridgehead atoms. The summed E-state index contributed by atoms with van der Waals surface area (Å²) in [5.74, 6) is 1.64. The molecule has 2 heteroatoms. The fraction of sp³-hybridized carbons (Fsp3) is 0.600. The third-order valence-corrected chi connectivity index (χ3v) is 4.27. The summed E-state index contributed by atoms with van der Waals surface area (Å²) >= 11 is 0. The zero-order valence-electron chi connectivity index (χ0n) is 11.1. The van der Waals surface area contributed by atoms with Crippen LogP contribution >= 0.6 is 0 Å². The minimum absolute atomic E-state index is 0.173. The van der Waals surface area contributed by atoms with Crippen LogP contribution in [0.2, 0.25) is 0 Å². The monoisotopic (exact) mass is 233 g/mol. The van der Waals surface area contributed by atoms with Crippen LogP contribution in [0, 0.1) is 11.3 Å². The number of benzene rings is 1. The number of hydrogen-bond acceptors (Lipinski definition) is 2. The van der Waals surface area contributed by atoms with Gasteiger partial charge in [-0.3, -0.25) is 0 Å². The molecule has 0 saturated heterocycles. The van der Waals surface area contributed by atoms with E-state index in [4.69, 9.17) is 10.5 Å². The van der Waals surface area contributed by atoms with E-state index in [2.05, 4.69) is 39.0 Å². The third-order valence-electron chi connectivity index (χ3n) is 4.27. The molecule has 1 aliphatic heterocycles. The lowest BCUT2D eigenvalue weighted by Gasteiger charge is -2.34. The second-order valence-electron chi connectivity index (χ2n) is 5.77. The number of hydrogen-bond donors (Lipinski definition) is 1. The first-order valence-electron chi connectivity index (χ1n) is 6.50. The highest BCUT2D eigenvalue weighted by atomic mass is 16.5. The van der Waals surface area contributed by atoms with Crippen LogP contribution in [0.3, 0.4) is 0 Å². The Morgan fingerprint density at radius 1 is 1.41 bits per heavy atom. The molecular formula is C15H23NO. The zero-order chi connectivity index (χ0) is 12.5. The smallest absolute Gasteiger partial charge is 0.123 e. The molecule has 2 atom stereocenters. The number of nitrogens with two attached hydrogens (primary N) is 1. The molecule has 1 heterocycles. The van der Waals surface area contributed by atoms with Gasteiger partial charge >= 0.3 is 0 Å². The van der Waals surface area contributed by atoms with Crippen LogP contribution < -0.4 is 10.5 Å². The topological polar surface area (TPSA) is 35.2 Å². The van der Waals surface area contributed by atoms with E-state index in [0.29, 0.717) is 12.0 Å². The predicted molar refractivity (Wildman–Crippen MR) is 71.2 cm³/mol. The average molecular weight is 233 g/mol. The quantitative estimate of drug-likeness (QED) is 0.867. The maximum atomic E-state index is 6.00. The van der Waals surface area contributed by atoms with Gasteiger partial charge in [0.05, 0.1) is 0 Å². The highest BCUT2D eigenvalue weighted by Gasteiger charge is 2.33. The van der Waals surface area contributed by atoms with Crippen LogP contribution in [0.1, 0.15) is 32.8 Å². The van der Waals surface area contributed by atoms with Crippen molar-refractivity contribution in [3.8, 4) is 5.75 Å². The van der Waals surface area contributed by atoms with Gasteiger partial charge in [-0.05, 0) is 35.9 Å². The Morgan fingerprint density at radius 2 is 2.12 bits per heavy atom. The van der Waals surface area contributed by atoms with E-state index in [1.165, 1.54) is 5.56 Å². The lowest BCUT2D eigenvalue weighted by Crippen LogP contribution is -2.37. The van der Waals surface area contributed by atoms with Gasteiger partial charge in [0, 0.05) is 6.42 Å². The number of fused-ring (bicyclic) bond motifs is 1. The zero-order valence-corrected chi connectivity index (χ0v) is 11.1. The summed E-state index contributed by atoms with van der Waals surface area (Å²) in [6, 6.07) is 8.33. The summed E-state index contributed by atoms with van der Waals surface area (Å²) in [5.41, 5.74) is 7.44. The van der Waals surface area contributed by atoms with Crippen molar-refractivity contribution in [2.24, 2.45) is 17.1 Å². The second kappa shape index (κ2) is 4.69. The fourth-order valence-electron chi connectivity index (χ4n) is 2.44. The van der Waals surface area contributed by atoms with Gasteiger partial charge in [-0.25, -0.2) is 0 Å². The number of para-hydroxylation sites is 1. The van der Waals surface area contributed by atoms with E-state index in [0.717, 1.165) is 25.1 Å². The molecule has 0 amide bonds. The molecule has 0 saturated carbocycles. The van der Waals surface area contributed by atoms with E-state index in [-0.39, 0.29) is 5.41 Å². The van der Waals surface area contributed by atoms with E-state index in [1.807, 2.05) is 6.07 Å². The number of ether oxygens (including phenoxy) is 1. The molecule has 2 nitrogen and oxygen atoms in total. The lowest BCUT2D eigenvalue weighted by atomic mass is 9.74. The Balaban J connectivity index is 2.04. The molecule has 94 valence electrons. The second-order valence-corrected chi connectivity index (χ2v) is 5.77. The Labute approximate surface area is 104 Å². The van der Waals surface area contributed by atoms with Crippen molar-refractivity contribution in [1.82, 2.24) is 0 Å². The Bertz CT molecular complexity index is 363. The summed E-state index contributed by atoms with van der Waals surface area (Å²) in [6.45, 7) is 7.48. The molecule has 0 radical (unpaired) electrons. The van der Waals surface area contributed by atoms with Crippen LogP contribution in [-0.2, 0) is 6.42 Å². The number of rotatable bonds is 4. The molecule has 0 spiro atoms. The minimum atomic E-state index is 0.173. The molecule has 0 aliphatic carbocycles. The summed E-state index contributed by atoms with van der Waals surface area (Å²) in [4.78, 5) is 0. The lowest BCUT2D eigenvalue weighted by molar-refractivity contribution is 0.114. The van der Waals surface area contributed by atoms with Crippen molar-refractivity contribution in [1.29, 1.82) is 0 Å². The van der Waals surface area contributed by atoms with Crippen molar-refractivity contribution in [3.05, 3.63) is 29.8 Å². The summed E-state index contributed by atoms with van der Waals surface area (Å²) in [7, 11) is 0. The summed E-state index contributed by atoms with van der Waals surface area (Å²) in [6.07, 6.45) is 2.36. The van der Waals surface area contributed by atoms with Crippen molar-refractivity contribution in [2.45, 2.75) is 39.7 Å². The van der Waals surface area contributed by atoms with E-state index < -0.39 is 0 Å². The van der Waals surface area contributed by atoms with Crippen LogP contribution in [-0.4, -0.2) is 12.6 Å². The SMILES string of the molecule is CC(C)C(C)(CN)CC1Cc2ccccc2O1. The fourth-order valence-corrected chi connectivity index (χ4v) is 2.44. The van der Waals surface area contributed by atoms with Gasteiger partial charge in [0.25, 0.3) is 0 Å². The van der Waals surface area contributed by atoms with Gasteiger partial charge in [0.2, 0.25) is 0 Å². The van der Waals surface area contributed by atoms with E-state index in [1.54, 1.807) is 0 Å². The van der Waals surface area contributed by atoms with E-state index >= 15 is 0 Å². The molecule has 17 heavy (non-hydrogen) atoms. The van der Waals surface area contributed by atoms with Gasteiger partial charge < -0.3 is 10.5 Å². The molecule has 1 aliphatic rings. The average Bonchev–Trinajstić information content (AvgIpc) is 2.70. The first-order chi connectivity index (χ1) is 8.05. The largest absolute Gasteiger partial charge is 0.490 e. The van der Waals surface area contributed by atoms with Crippen LogP contribution in [0.15, 0.2) is 24.3 Å². The predicted octanol–water partition coefficient (Wildman–Crippen LogP) is 3.00. The standard InChI is InChI=1S/C15H23NO/c1-11(2)15(3,10-16)9-13-8-12-6-4-5-7-14(12)17-13/h4-7,11,13H,8-10,16H2,1-3H3. The van der Waals surface area contributed by atoms with Gasteiger partial charge in [-0.15, -0.1) is 0 Å². The first kappa shape index (κ1) is 12.4. The molecule has 2 rings (SSSR count). The molecule has 0 aromatic heterocycles. The molecule has 1 aromatic carbocycles. The normalized spacial score (nSPS) is 22.1.